The van der Waals surface area contributed by atoms with E-state index in [0.29, 0.717) is 11.5 Å². The van der Waals surface area contributed by atoms with Gasteiger partial charge in [0, 0.05) is 18.1 Å². The van der Waals surface area contributed by atoms with Crippen LogP contribution in [-0.4, -0.2) is 9.97 Å². The molecular formula is C13H13ClFN3. The Morgan fingerprint density at radius 1 is 1.28 bits per heavy atom. The molecule has 1 heterocycles. The summed E-state index contributed by atoms with van der Waals surface area (Å²) >= 11 is 5.63. The first-order valence-electron chi connectivity index (χ1n) is 5.72. The van der Waals surface area contributed by atoms with Gasteiger partial charge in [-0.3, -0.25) is 4.98 Å². The number of nitrogens with zero attached hydrogens (tertiary/aromatic N) is 2. The Kier molecular flexibility index (Phi) is 4.10. The largest absolute Gasteiger partial charge is 0.339 e. The molecule has 2 aromatic rings. The highest BCUT2D eigenvalue weighted by atomic mass is 35.5. The summed E-state index contributed by atoms with van der Waals surface area (Å²) in [4.78, 5) is 8.48. The number of hydrogen-bond acceptors (Lipinski definition) is 3. The van der Waals surface area contributed by atoms with E-state index in [1.165, 1.54) is 12.1 Å². The van der Waals surface area contributed by atoms with Gasteiger partial charge < -0.3 is 5.32 Å². The van der Waals surface area contributed by atoms with Gasteiger partial charge in [0.25, 0.3) is 0 Å². The van der Waals surface area contributed by atoms with E-state index < -0.39 is 5.82 Å². The lowest BCUT2D eigenvalue weighted by Crippen LogP contribution is -2.01. The number of aryl methyl sites for hydroxylation is 1. The molecule has 0 bridgehead atoms. The van der Waals surface area contributed by atoms with E-state index in [4.69, 9.17) is 11.6 Å². The van der Waals surface area contributed by atoms with E-state index in [2.05, 4.69) is 22.2 Å². The first-order chi connectivity index (χ1) is 8.70. The Balaban J connectivity index is 2.25. The van der Waals surface area contributed by atoms with Gasteiger partial charge in [-0.15, -0.1) is 0 Å². The monoisotopic (exact) mass is 265 g/mol. The minimum absolute atomic E-state index is 0.105. The number of anilines is 2. The second-order valence-corrected chi connectivity index (χ2v) is 4.26. The molecule has 94 valence electrons. The molecular weight excluding hydrogens is 253 g/mol. The van der Waals surface area contributed by atoms with Crippen molar-refractivity contribution in [3.8, 4) is 0 Å². The molecule has 0 radical (unpaired) electrons. The molecule has 5 heteroatoms. The fraction of sp³-hybridized carbons (Fsp3) is 0.231. The first-order valence-corrected chi connectivity index (χ1v) is 6.10. The molecule has 18 heavy (non-hydrogen) atoms. The Bertz CT molecular complexity index is 546. The maximum absolute atomic E-state index is 13.3. The average Bonchev–Trinajstić information content (AvgIpc) is 2.37. The van der Waals surface area contributed by atoms with Crippen LogP contribution in [0.1, 0.15) is 19.0 Å². The van der Waals surface area contributed by atoms with Crippen LogP contribution in [0.2, 0.25) is 5.02 Å². The lowest BCUT2D eigenvalue weighted by atomic mass is 10.2. The van der Waals surface area contributed by atoms with Crippen LogP contribution in [0.4, 0.5) is 15.9 Å². The standard InChI is InChI=1S/C13H13ClFN3/c1-2-3-12-13(17-7-6-16-12)18-9-4-5-10(14)11(15)8-9/h4-8H,2-3H2,1H3,(H,17,18). The highest BCUT2D eigenvalue weighted by molar-refractivity contribution is 6.30. The lowest BCUT2D eigenvalue weighted by molar-refractivity contribution is 0.629. The van der Waals surface area contributed by atoms with Crippen LogP contribution in [0, 0.1) is 5.82 Å². The zero-order chi connectivity index (χ0) is 13.0. The zero-order valence-electron chi connectivity index (χ0n) is 9.95. The molecule has 2 rings (SSSR count). The molecule has 0 saturated carbocycles. The quantitative estimate of drug-likeness (QED) is 0.909. The maximum atomic E-state index is 13.3. The van der Waals surface area contributed by atoms with Crippen LogP contribution >= 0.6 is 11.6 Å². The summed E-state index contributed by atoms with van der Waals surface area (Å²) in [5.41, 5.74) is 1.48. The predicted molar refractivity (Wildman–Crippen MR) is 70.7 cm³/mol. The molecule has 1 N–H and O–H groups in total. The Morgan fingerprint density at radius 2 is 2.06 bits per heavy atom. The zero-order valence-corrected chi connectivity index (χ0v) is 10.7. The van der Waals surface area contributed by atoms with Crippen LogP contribution in [0.25, 0.3) is 0 Å². The molecule has 0 atom stereocenters. The van der Waals surface area contributed by atoms with E-state index in [9.17, 15) is 4.39 Å². The molecule has 0 aliphatic carbocycles. The second kappa shape index (κ2) is 5.78. The highest BCUT2D eigenvalue weighted by Crippen LogP contribution is 2.22. The van der Waals surface area contributed by atoms with E-state index in [1.807, 2.05) is 0 Å². The molecule has 0 fully saturated rings. The molecule has 0 saturated heterocycles. The van der Waals surface area contributed by atoms with Crippen molar-refractivity contribution in [2.45, 2.75) is 19.8 Å². The molecule has 0 amide bonds. The van der Waals surface area contributed by atoms with Crippen molar-refractivity contribution in [3.63, 3.8) is 0 Å². The lowest BCUT2D eigenvalue weighted by Gasteiger charge is -2.09. The molecule has 0 aliphatic heterocycles. The third-order valence-corrected chi connectivity index (χ3v) is 2.75. The van der Waals surface area contributed by atoms with Gasteiger partial charge in [0.2, 0.25) is 0 Å². The predicted octanol–water partition coefficient (Wildman–Crippen LogP) is 3.97. The van der Waals surface area contributed by atoms with Crippen LogP contribution < -0.4 is 5.32 Å². The third-order valence-electron chi connectivity index (χ3n) is 2.44. The summed E-state index contributed by atoms with van der Waals surface area (Å²) in [5.74, 6) is 0.198. The summed E-state index contributed by atoms with van der Waals surface area (Å²) in [6.07, 6.45) is 5.06. The summed E-state index contributed by atoms with van der Waals surface area (Å²) in [6, 6.07) is 4.55. The number of nitrogens with one attached hydrogen (secondary N) is 1. The topological polar surface area (TPSA) is 37.8 Å². The van der Waals surface area contributed by atoms with Gasteiger partial charge in [0.1, 0.15) is 5.82 Å². The van der Waals surface area contributed by atoms with Crippen molar-refractivity contribution in [1.82, 2.24) is 9.97 Å². The van der Waals surface area contributed by atoms with Crippen molar-refractivity contribution >= 4 is 23.1 Å². The first kappa shape index (κ1) is 12.8. The van der Waals surface area contributed by atoms with Crippen LogP contribution in [0.5, 0.6) is 0 Å². The minimum Gasteiger partial charge on any atom is -0.339 e. The third kappa shape index (κ3) is 2.96. The fourth-order valence-electron chi connectivity index (χ4n) is 1.60. The van der Waals surface area contributed by atoms with E-state index in [-0.39, 0.29) is 5.02 Å². The average molecular weight is 266 g/mol. The van der Waals surface area contributed by atoms with Crippen molar-refractivity contribution < 1.29 is 4.39 Å². The molecule has 3 nitrogen and oxygen atoms in total. The fourth-order valence-corrected chi connectivity index (χ4v) is 1.72. The normalized spacial score (nSPS) is 10.4. The molecule has 1 aromatic carbocycles. The van der Waals surface area contributed by atoms with E-state index in [1.54, 1.807) is 18.5 Å². The molecule has 1 aromatic heterocycles. The van der Waals surface area contributed by atoms with Crippen molar-refractivity contribution in [3.05, 3.63) is 47.1 Å². The van der Waals surface area contributed by atoms with Gasteiger partial charge in [-0.05, 0) is 24.6 Å². The number of hydrogen-bond donors (Lipinski definition) is 1. The van der Waals surface area contributed by atoms with Gasteiger partial charge in [-0.2, -0.15) is 0 Å². The smallest absolute Gasteiger partial charge is 0.152 e. The number of benzene rings is 1. The summed E-state index contributed by atoms with van der Waals surface area (Å²) in [5, 5.41) is 3.16. The van der Waals surface area contributed by atoms with Gasteiger partial charge in [0.05, 0.1) is 10.7 Å². The van der Waals surface area contributed by atoms with Gasteiger partial charge in [-0.25, -0.2) is 9.37 Å². The van der Waals surface area contributed by atoms with Gasteiger partial charge >= 0.3 is 0 Å². The van der Waals surface area contributed by atoms with Gasteiger partial charge in [-0.1, -0.05) is 24.9 Å². The van der Waals surface area contributed by atoms with Crippen LogP contribution in [-0.2, 0) is 6.42 Å². The summed E-state index contributed by atoms with van der Waals surface area (Å²) in [7, 11) is 0. The highest BCUT2D eigenvalue weighted by Gasteiger charge is 2.06. The van der Waals surface area contributed by atoms with Crippen LogP contribution in [0.15, 0.2) is 30.6 Å². The Morgan fingerprint density at radius 3 is 2.78 bits per heavy atom. The Labute approximate surface area is 110 Å². The summed E-state index contributed by atoms with van der Waals surface area (Å²) in [6.45, 7) is 2.07. The van der Waals surface area contributed by atoms with E-state index in [0.717, 1.165) is 18.5 Å². The van der Waals surface area contributed by atoms with E-state index >= 15 is 0 Å². The van der Waals surface area contributed by atoms with Gasteiger partial charge in [0.15, 0.2) is 5.82 Å². The number of aromatic nitrogens is 2. The second-order valence-electron chi connectivity index (χ2n) is 3.86. The minimum atomic E-state index is -0.456. The molecule has 0 unspecified atom stereocenters. The van der Waals surface area contributed by atoms with Crippen molar-refractivity contribution in [2.24, 2.45) is 0 Å². The maximum Gasteiger partial charge on any atom is 0.152 e. The molecule has 0 spiro atoms. The Hall–Kier alpha value is -1.68. The number of halogens is 2. The summed E-state index contributed by atoms with van der Waals surface area (Å²) < 4.78 is 13.3. The van der Waals surface area contributed by atoms with Crippen LogP contribution in [0.3, 0.4) is 0 Å². The van der Waals surface area contributed by atoms with Crippen molar-refractivity contribution in [2.75, 3.05) is 5.32 Å². The van der Waals surface area contributed by atoms with Crippen molar-refractivity contribution in [1.29, 1.82) is 0 Å². The molecule has 0 aliphatic rings. The SMILES string of the molecule is CCCc1nccnc1Nc1ccc(Cl)c(F)c1. The number of rotatable bonds is 4.